The zero-order valence-electron chi connectivity index (χ0n) is 14.9. The molecule has 5 heteroatoms. The van der Waals surface area contributed by atoms with Crippen molar-refractivity contribution >= 4 is 17.5 Å². The lowest BCUT2D eigenvalue weighted by Crippen LogP contribution is -2.31. The van der Waals surface area contributed by atoms with E-state index in [1.807, 2.05) is 29.2 Å². The highest BCUT2D eigenvalue weighted by atomic mass is 16.2. The number of hydrogen-bond acceptors (Lipinski definition) is 3. The third kappa shape index (κ3) is 5.30. The molecule has 5 nitrogen and oxygen atoms in total. The van der Waals surface area contributed by atoms with E-state index in [1.165, 1.54) is 19.3 Å². The fourth-order valence-corrected chi connectivity index (χ4v) is 3.67. The second kappa shape index (κ2) is 8.99. The lowest BCUT2D eigenvalue weighted by atomic mass is 10.0. The molecular weight excluding hydrogens is 314 g/mol. The Bertz CT molecular complexity index is 571. The molecule has 2 fully saturated rings. The van der Waals surface area contributed by atoms with Crippen LogP contribution >= 0.6 is 0 Å². The molecule has 0 radical (unpaired) electrons. The van der Waals surface area contributed by atoms with Crippen molar-refractivity contribution < 1.29 is 9.59 Å². The monoisotopic (exact) mass is 343 g/mol. The Morgan fingerprint density at radius 2 is 1.80 bits per heavy atom. The maximum Gasteiger partial charge on any atom is 0.253 e. The Labute approximate surface area is 150 Å². The summed E-state index contributed by atoms with van der Waals surface area (Å²) in [7, 11) is 0. The van der Waals surface area contributed by atoms with Gasteiger partial charge in [-0.15, -0.1) is 0 Å². The van der Waals surface area contributed by atoms with Gasteiger partial charge in [-0.2, -0.15) is 0 Å². The first-order chi connectivity index (χ1) is 12.2. The summed E-state index contributed by atoms with van der Waals surface area (Å²) < 4.78 is 0. The average molecular weight is 343 g/mol. The van der Waals surface area contributed by atoms with Crippen LogP contribution in [-0.2, 0) is 4.79 Å². The molecule has 2 N–H and O–H groups in total. The lowest BCUT2D eigenvalue weighted by molar-refractivity contribution is -0.116. The van der Waals surface area contributed by atoms with Gasteiger partial charge in [-0.05, 0) is 69.0 Å². The largest absolute Gasteiger partial charge is 0.339 e. The number of likely N-dealkylation sites (tertiary alicyclic amines) is 1. The van der Waals surface area contributed by atoms with Crippen molar-refractivity contribution in [1.82, 2.24) is 10.2 Å². The molecule has 1 aromatic rings. The highest BCUT2D eigenvalue weighted by molar-refractivity contribution is 5.95. The number of carbonyl (C=O) groups is 2. The summed E-state index contributed by atoms with van der Waals surface area (Å²) in [5, 5.41) is 6.26. The molecule has 136 valence electrons. The van der Waals surface area contributed by atoms with Gasteiger partial charge in [-0.1, -0.05) is 12.8 Å². The third-order valence-corrected chi connectivity index (χ3v) is 5.25. The van der Waals surface area contributed by atoms with Crippen molar-refractivity contribution in [3.8, 4) is 0 Å². The SMILES string of the molecule is O=C(CCC1CCNC1)Nc1ccc(C(=O)N2CCCCCC2)cc1. The molecule has 1 atom stereocenters. The Kier molecular flexibility index (Phi) is 6.45. The maximum absolute atomic E-state index is 12.6. The highest BCUT2D eigenvalue weighted by Crippen LogP contribution is 2.17. The average Bonchev–Trinajstić information content (AvgIpc) is 3.00. The standard InChI is InChI=1S/C20H29N3O2/c24-19(10-5-16-11-12-21-15-16)22-18-8-6-17(7-9-18)20(25)23-13-3-1-2-4-14-23/h6-9,16,21H,1-5,10-15H2,(H,22,24). The number of nitrogens with zero attached hydrogens (tertiary/aromatic N) is 1. The molecule has 0 aliphatic carbocycles. The summed E-state index contributed by atoms with van der Waals surface area (Å²) in [5.74, 6) is 0.784. The van der Waals surface area contributed by atoms with E-state index >= 15 is 0 Å². The topological polar surface area (TPSA) is 61.4 Å². The summed E-state index contributed by atoms with van der Waals surface area (Å²) in [5.41, 5.74) is 1.47. The van der Waals surface area contributed by atoms with E-state index in [2.05, 4.69) is 10.6 Å². The Morgan fingerprint density at radius 3 is 2.44 bits per heavy atom. The molecule has 2 aliphatic rings. The molecule has 0 saturated carbocycles. The molecule has 2 heterocycles. The number of benzene rings is 1. The fraction of sp³-hybridized carbons (Fsp3) is 0.600. The lowest BCUT2D eigenvalue weighted by Gasteiger charge is -2.20. The Morgan fingerprint density at radius 1 is 1.08 bits per heavy atom. The van der Waals surface area contributed by atoms with E-state index in [9.17, 15) is 9.59 Å². The Balaban J connectivity index is 1.49. The normalized spacial score (nSPS) is 21.0. The van der Waals surface area contributed by atoms with Gasteiger partial charge in [0.2, 0.25) is 5.91 Å². The van der Waals surface area contributed by atoms with Crippen LogP contribution in [0.3, 0.4) is 0 Å². The van der Waals surface area contributed by atoms with E-state index in [0.717, 1.165) is 51.1 Å². The van der Waals surface area contributed by atoms with Crippen molar-refractivity contribution in [2.24, 2.45) is 5.92 Å². The summed E-state index contributed by atoms with van der Waals surface area (Å²) in [4.78, 5) is 26.6. The van der Waals surface area contributed by atoms with Crippen molar-refractivity contribution in [2.45, 2.75) is 44.9 Å². The predicted octanol–water partition coefficient (Wildman–Crippen LogP) is 3.03. The van der Waals surface area contributed by atoms with E-state index in [-0.39, 0.29) is 11.8 Å². The summed E-state index contributed by atoms with van der Waals surface area (Å²) >= 11 is 0. The van der Waals surface area contributed by atoms with Gasteiger partial charge >= 0.3 is 0 Å². The Hall–Kier alpha value is -1.88. The molecule has 1 unspecified atom stereocenters. The van der Waals surface area contributed by atoms with Crippen LogP contribution in [0.25, 0.3) is 0 Å². The summed E-state index contributed by atoms with van der Waals surface area (Å²) in [6.07, 6.45) is 7.27. The minimum absolute atomic E-state index is 0.0542. The molecule has 2 aliphatic heterocycles. The zero-order valence-corrected chi connectivity index (χ0v) is 14.9. The zero-order chi connectivity index (χ0) is 17.5. The van der Waals surface area contributed by atoms with Crippen LogP contribution in [0.1, 0.15) is 55.3 Å². The van der Waals surface area contributed by atoms with Crippen molar-refractivity contribution in [1.29, 1.82) is 0 Å². The van der Waals surface area contributed by atoms with E-state index in [4.69, 9.17) is 0 Å². The van der Waals surface area contributed by atoms with E-state index in [1.54, 1.807) is 0 Å². The van der Waals surface area contributed by atoms with Gasteiger partial charge in [0.25, 0.3) is 5.91 Å². The second-order valence-electron chi connectivity index (χ2n) is 7.23. The van der Waals surface area contributed by atoms with Gasteiger partial charge in [-0.25, -0.2) is 0 Å². The van der Waals surface area contributed by atoms with Crippen molar-refractivity contribution in [3.63, 3.8) is 0 Å². The molecule has 0 bridgehead atoms. The van der Waals surface area contributed by atoms with Crippen LogP contribution in [-0.4, -0.2) is 42.9 Å². The van der Waals surface area contributed by atoms with Gasteiger partial charge in [0.05, 0.1) is 0 Å². The first-order valence-electron chi connectivity index (χ1n) is 9.62. The number of amides is 2. The molecular formula is C20H29N3O2. The minimum atomic E-state index is 0.0542. The molecule has 1 aromatic carbocycles. The first-order valence-corrected chi connectivity index (χ1v) is 9.62. The van der Waals surface area contributed by atoms with Crippen molar-refractivity contribution in [2.75, 3.05) is 31.5 Å². The molecule has 3 rings (SSSR count). The number of anilines is 1. The molecule has 0 aromatic heterocycles. The van der Waals surface area contributed by atoms with Crippen LogP contribution in [0.2, 0.25) is 0 Å². The van der Waals surface area contributed by atoms with Gasteiger partial charge < -0.3 is 15.5 Å². The van der Waals surface area contributed by atoms with E-state index in [0.29, 0.717) is 17.9 Å². The van der Waals surface area contributed by atoms with Crippen LogP contribution in [0.15, 0.2) is 24.3 Å². The second-order valence-corrected chi connectivity index (χ2v) is 7.23. The summed E-state index contributed by atoms with van der Waals surface area (Å²) in [6.45, 7) is 3.81. The van der Waals surface area contributed by atoms with Gasteiger partial charge in [0.15, 0.2) is 0 Å². The van der Waals surface area contributed by atoms with Crippen molar-refractivity contribution in [3.05, 3.63) is 29.8 Å². The van der Waals surface area contributed by atoms with Gasteiger partial charge in [-0.3, -0.25) is 9.59 Å². The van der Waals surface area contributed by atoms with Crippen LogP contribution < -0.4 is 10.6 Å². The quantitative estimate of drug-likeness (QED) is 0.864. The maximum atomic E-state index is 12.6. The smallest absolute Gasteiger partial charge is 0.253 e. The predicted molar refractivity (Wildman–Crippen MR) is 99.7 cm³/mol. The number of hydrogen-bond donors (Lipinski definition) is 2. The van der Waals surface area contributed by atoms with Gasteiger partial charge in [0.1, 0.15) is 0 Å². The summed E-state index contributed by atoms with van der Waals surface area (Å²) in [6, 6.07) is 7.31. The number of nitrogens with one attached hydrogen (secondary N) is 2. The fourth-order valence-electron chi connectivity index (χ4n) is 3.67. The molecule has 2 amide bonds. The number of carbonyl (C=O) groups excluding carboxylic acids is 2. The minimum Gasteiger partial charge on any atom is -0.339 e. The van der Waals surface area contributed by atoms with Gasteiger partial charge in [0, 0.05) is 30.8 Å². The molecule has 2 saturated heterocycles. The number of rotatable bonds is 5. The highest BCUT2D eigenvalue weighted by Gasteiger charge is 2.18. The van der Waals surface area contributed by atoms with Crippen LogP contribution in [0, 0.1) is 5.92 Å². The third-order valence-electron chi connectivity index (χ3n) is 5.25. The van der Waals surface area contributed by atoms with Crippen LogP contribution in [0.5, 0.6) is 0 Å². The first kappa shape index (κ1) is 17.9. The van der Waals surface area contributed by atoms with Crippen LogP contribution in [0.4, 0.5) is 5.69 Å². The molecule has 25 heavy (non-hydrogen) atoms. The van der Waals surface area contributed by atoms with E-state index < -0.39 is 0 Å². The molecule has 0 spiro atoms.